The summed E-state index contributed by atoms with van der Waals surface area (Å²) in [5.74, 6) is 3.44. The van der Waals surface area contributed by atoms with Gasteiger partial charge in [0.15, 0.2) is 11.5 Å². The van der Waals surface area contributed by atoms with E-state index in [1.807, 2.05) is 0 Å². The van der Waals surface area contributed by atoms with E-state index < -0.39 is 0 Å². The summed E-state index contributed by atoms with van der Waals surface area (Å²) in [5.41, 5.74) is 1.27. The molecule has 1 saturated heterocycles. The first kappa shape index (κ1) is 15.2. The van der Waals surface area contributed by atoms with Crippen molar-refractivity contribution < 1.29 is 14.2 Å². The Hall–Kier alpha value is -1.68. The van der Waals surface area contributed by atoms with Crippen LogP contribution in [0.2, 0.25) is 0 Å². The van der Waals surface area contributed by atoms with Gasteiger partial charge >= 0.3 is 0 Å². The number of nitrogens with one attached hydrogen (secondary N) is 1. The Labute approximate surface area is 132 Å². The molecule has 0 bridgehead atoms. The first-order valence-corrected chi connectivity index (χ1v) is 8.05. The molecule has 3 atom stereocenters. The lowest BCUT2D eigenvalue weighted by Gasteiger charge is -2.15. The quantitative estimate of drug-likeness (QED) is 0.846. The maximum atomic E-state index is 5.53. The summed E-state index contributed by atoms with van der Waals surface area (Å²) in [7, 11) is 1.68. The summed E-state index contributed by atoms with van der Waals surface area (Å²) in [4.78, 5) is 0. The molecule has 120 valence electrons. The molecule has 3 unspecified atom stereocenters. The minimum atomic E-state index is 0.279. The molecule has 0 spiro atoms. The third kappa shape index (κ3) is 3.07. The normalized spacial score (nSPS) is 24.9. The fourth-order valence-corrected chi connectivity index (χ4v) is 3.49. The highest BCUT2D eigenvalue weighted by Gasteiger charge is 2.29. The van der Waals surface area contributed by atoms with Gasteiger partial charge in [0.2, 0.25) is 12.5 Å². The van der Waals surface area contributed by atoms with Crippen LogP contribution in [0.4, 0.5) is 0 Å². The standard InChI is InChI=1S/C18H25NO3/c1-4-5-12(2)6-15-7-14(10-19-15)13-8-16(20-3)18-17(9-13)21-11-22-18/h4-5,8-9,12,14-15,19H,6-7,10-11H2,1-3H3/b5-4+. The molecule has 0 amide bonds. The molecule has 4 nitrogen and oxygen atoms in total. The van der Waals surface area contributed by atoms with Gasteiger partial charge in [-0.15, -0.1) is 0 Å². The maximum absolute atomic E-state index is 5.53. The van der Waals surface area contributed by atoms with Crippen LogP contribution < -0.4 is 19.5 Å². The second kappa shape index (κ2) is 6.61. The highest BCUT2D eigenvalue weighted by atomic mass is 16.7. The van der Waals surface area contributed by atoms with Crippen molar-refractivity contribution in [1.29, 1.82) is 0 Å². The third-order valence-electron chi connectivity index (χ3n) is 4.55. The van der Waals surface area contributed by atoms with Crippen molar-refractivity contribution in [2.75, 3.05) is 20.4 Å². The van der Waals surface area contributed by atoms with Crippen molar-refractivity contribution in [3.05, 3.63) is 29.8 Å². The second-order valence-electron chi connectivity index (χ2n) is 6.23. The van der Waals surface area contributed by atoms with E-state index in [2.05, 4.69) is 43.4 Å². The number of rotatable bonds is 5. The van der Waals surface area contributed by atoms with Crippen LogP contribution in [-0.4, -0.2) is 26.5 Å². The number of fused-ring (bicyclic) bond motifs is 1. The molecule has 0 radical (unpaired) electrons. The summed E-state index contributed by atoms with van der Waals surface area (Å²) in [6.07, 6.45) is 6.76. The molecule has 2 aliphatic rings. The van der Waals surface area contributed by atoms with E-state index in [1.165, 1.54) is 12.0 Å². The van der Waals surface area contributed by atoms with Crippen molar-refractivity contribution >= 4 is 0 Å². The Kier molecular flexibility index (Phi) is 4.57. The Balaban J connectivity index is 1.71. The predicted octanol–water partition coefficient (Wildman–Crippen LogP) is 3.47. The second-order valence-corrected chi connectivity index (χ2v) is 6.23. The maximum Gasteiger partial charge on any atom is 0.231 e. The van der Waals surface area contributed by atoms with Gasteiger partial charge in [-0.05, 0) is 49.3 Å². The number of allylic oxidation sites excluding steroid dienone is 2. The van der Waals surface area contributed by atoms with Crippen LogP contribution in [-0.2, 0) is 0 Å². The van der Waals surface area contributed by atoms with Gasteiger partial charge in [-0.25, -0.2) is 0 Å². The summed E-state index contributed by atoms with van der Waals surface area (Å²) in [5, 5.41) is 3.65. The zero-order valence-corrected chi connectivity index (χ0v) is 13.6. The summed E-state index contributed by atoms with van der Waals surface area (Å²) in [6, 6.07) is 4.78. The van der Waals surface area contributed by atoms with Crippen molar-refractivity contribution in [3.8, 4) is 17.2 Å². The average molecular weight is 303 g/mol. The third-order valence-corrected chi connectivity index (χ3v) is 4.55. The number of methoxy groups -OCH3 is 1. The Morgan fingerprint density at radius 2 is 2.27 bits per heavy atom. The largest absolute Gasteiger partial charge is 0.493 e. The molecule has 0 aromatic heterocycles. The zero-order chi connectivity index (χ0) is 15.5. The summed E-state index contributed by atoms with van der Waals surface area (Å²) in [6.45, 7) is 5.65. The summed E-state index contributed by atoms with van der Waals surface area (Å²) < 4.78 is 16.4. The van der Waals surface area contributed by atoms with Crippen LogP contribution in [0.25, 0.3) is 0 Å². The van der Waals surface area contributed by atoms with E-state index >= 15 is 0 Å². The first-order chi connectivity index (χ1) is 10.7. The molecular weight excluding hydrogens is 278 g/mol. The SMILES string of the molecule is C/C=C/C(C)CC1CC(c2cc(OC)c3c(c2)OCO3)CN1. The number of hydrogen-bond donors (Lipinski definition) is 1. The van der Waals surface area contributed by atoms with Gasteiger partial charge in [0.1, 0.15) is 0 Å². The van der Waals surface area contributed by atoms with E-state index in [1.54, 1.807) is 7.11 Å². The highest BCUT2D eigenvalue weighted by Crippen LogP contribution is 2.44. The molecule has 0 aliphatic carbocycles. The zero-order valence-electron chi connectivity index (χ0n) is 13.6. The van der Waals surface area contributed by atoms with Crippen molar-refractivity contribution in [3.63, 3.8) is 0 Å². The topological polar surface area (TPSA) is 39.7 Å². The van der Waals surface area contributed by atoms with Crippen molar-refractivity contribution in [2.45, 2.75) is 38.6 Å². The molecule has 1 aromatic carbocycles. The van der Waals surface area contributed by atoms with Gasteiger partial charge in [0, 0.05) is 12.6 Å². The lowest BCUT2D eigenvalue weighted by Crippen LogP contribution is -2.23. The number of benzene rings is 1. The number of ether oxygens (including phenoxy) is 3. The van der Waals surface area contributed by atoms with Crippen molar-refractivity contribution in [2.24, 2.45) is 5.92 Å². The summed E-state index contributed by atoms with van der Waals surface area (Å²) >= 11 is 0. The Morgan fingerprint density at radius 3 is 3.05 bits per heavy atom. The van der Waals surface area contributed by atoms with Gasteiger partial charge in [0.05, 0.1) is 7.11 Å². The first-order valence-electron chi connectivity index (χ1n) is 8.05. The van der Waals surface area contributed by atoms with Gasteiger partial charge in [0.25, 0.3) is 0 Å². The molecule has 22 heavy (non-hydrogen) atoms. The molecule has 1 aromatic rings. The molecule has 4 heteroatoms. The Morgan fingerprint density at radius 1 is 1.41 bits per heavy atom. The van der Waals surface area contributed by atoms with Gasteiger partial charge < -0.3 is 19.5 Å². The molecule has 1 N–H and O–H groups in total. The molecule has 1 fully saturated rings. The van der Waals surface area contributed by atoms with Gasteiger partial charge in [-0.3, -0.25) is 0 Å². The lowest BCUT2D eigenvalue weighted by atomic mass is 9.92. The molecular formula is C18H25NO3. The molecule has 3 rings (SSSR count). The van der Waals surface area contributed by atoms with Crippen LogP contribution >= 0.6 is 0 Å². The monoisotopic (exact) mass is 303 g/mol. The van der Waals surface area contributed by atoms with Crippen LogP contribution in [0.15, 0.2) is 24.3 Å². The fourth-order valence-electron chi connectivity index (χ4n) is 3.49. The molecule has 2 heterocycles. The van der Waals surface area contributed by atoms with Gasteiger partial charge in [-0.1, -0.05) is 19.1 Å². The fraction of sp³-hybridized carbons (Fsp3) is 0.556. The van der Waals surface area contributed by atoms with Crippen LogP contribution in [0.1, 0.15) is 38.2 Å². The lowest BCUT2D eigenvalue weighted by molar-refractivity contribution is 0.171. The van der Waals surface area contributed by atoms with Crippen LogP contribution in [0.5, 0.6) is 17.2 Å². The van der Waals surface area contributed by atoms with Crippen LogP contribution in [0, 0.1) is 5.92 Å². The van der Waals surface area contributed by atoms with E-state index in [0.29, 0.717) is 17.9 Å². The predicted molar refractivity (Wildman–Crippen MR) is 86.9 cm³/mol. The minimum absolute atomic E-state index is 0.279. The van der Waals surface area contributed by atoms with Crippen LogP contribution in [0.3, 0.4) is 0 Å². The smallest absolute Gasteiger partial charge is 0.231 e. The Bertz CT molecular complexity index is 556. The van der Waals surface area contributed by atoms with Gasteiger partial charge in [-0.2, -0.15) is 0 Å². The van der Waals surface area contributed by atoms with E-state index in [4.69, 9.17) is 14.2 Å². The van der Waals surface area contributed by atoms with E-state index in [0.717, 1.165) is 30.2 Å². The molecule has 2 aliphatic heterocycles. The van der Waals surface area contributed by atoms with Crippen molar-refractivity contribution in [1.82, 2.24) is 5.32 Å². The van der Waals surface area contributed by atoms with E-state index in [9.17, 15) is 0 Å². The highest BCUT2D eigenvalue weighted by molar-refractivity contribution is 5.55. The average Bonchev–Trinajstić information content (AvgIpc) is 3.15. The van der Waals surface area contributed by atoms with E-state index in [-0.39, 0.29) is 6.79 Å². The molecule has 0 saturated carbocycles. The minimum Gasteiger partial charge on any atom is -0.493 e. The number of hydrogen-bond acceptors (Lipinski definition) is 4.